The van der Waals surface area contributed by atoms with Crippen molar-refractivity contribution in [3.8, 4) is 0 Å². The Kier molecular flexibility index (Phi) is 10.4. The second-order valence-electron chi connectivity index (χ2n) is 12.8. The summed E-state index contributed by atoms with van der Waals surface area (Å²) in [4.78, 5) is 12.6. The number of alkyl carbamates (subject to hydrolysis) is 1. The number of nitrogens with one attached hydrogen (secondary N) is 2. The Balaban J connectivity index is 1.87. The van der Waals surface area contributed by atoms with E-state index in [4.69, 9.17) is 4.74 Å². The number of carbonyl (C=O) groups is 1. The number of benzene rings is 2. The van der Waals surface area contributed by atoms with E-state index in [2.05, 4.69) is 72.2 Å². The van der Waals surface area contributed by atoms with Gasteiger partial charge in [0.1, 0.15) is 17.2 Å². The van der Waals surface area contributed by atoms with Gasteiger partial charge in [0, 0.05) is 21.7 Å². The van der Waals surface area contributed by atoms with E-state index < -0.39 is 35.5 Å². The van der Waals surface area contributed by atoms with E-state index in [-0.39, 0.29) is 23.9 Å². The van der Waals surface area contributed by atoms with Gasteiger partial charge < -0.3 is 20.5 Å². The fraction of sp³-hybridized carbons (Fsp3) is 0.581. The van der Waals surface area contributed by atoms with Crippen LogP contribution in [0.15, 0.2) is 36.4 Å². The topological polar surface area (TPSA) is 70.6 Å². The van der Waals surface area contributed by atoms with Gasteiger partial charge in [-0.3, -0.25) is 0 Å². The van der Waals surface area contributed by atoms with Crippen molar-refractivity contribution >= 4 is 28.7 Å². The summed E-state index contributed by atoms with van der Waals surface area (Å²) >= 11 is 2.37. The standard InChI is InChI=1S/C31H43F2IN2O3/c1-29(2,3)21-15-22(17-25(34)16-21)31(10-8-7-9-11-31)35-19-27(37)26(36-28(38)39-30(4,5)6)14-20-12-23(32)18-24(33)13-20/h12-13,15-18,26-27,35,37H,7-11,14,19H2,1-6H3,(H,36,38). The smallest absolute Gasteiger partial charge is 0.407 e. The van der Waals surface area contributed by atoms with Crippen LogP contribution in [0.3, 0.4) is 0 Å². The minimum absolute atomic E-state index is 0.00599. The van der Waals surface area contributed by atoms with Gasteiger partial charge in [-0.05, 0) is 109 Å². The van der Waals surface area contributed by atoms with Crippen LogP contribution in [0.5, 0.6) is 0 Å². The average Bonchev–Trinajstić information content (AvgIpc) is 2.80. The van der Waals surface area contributed by atoms with E-state index in [1.54, 1.807) is 20.8 Å². The first-order valence-corrected chi connectivity index (χ1v) is 14.8. The number of carbonyl (C=O) groups excluding carboxylic acids is 1. The second-order valence-corrected chi connectivity index (χ2v) is 14.0. The van der Waals surface area contributed by atoms with Gasteiger partial charge in [0.25, 0.3) is 0 Å². The van der Waals surface area contributed by atoms with Crippen LogP contribution in [0, 0.1) is 15.2 Å². The molecular formula is C31H43F2IN2O3. The molecule has 1 fully saturated rings. The molecule has 0 spiro atoms. The van der Waals surface area contributed by atoms with Crippen LogP contribution >= 0.6 is 22.6 Å². The Hall–Kier alpha value is -1.78. The average molecular weight is 657 g/mol. The molecule has 2 aromatic rings. The van der Waals surface area contributed by atoms with Crippen molar-refractivity contribution in [2.45, 2.75) is 109 Å². The molecular weight excluding hydrogens is 613 g/mol. The lowest BCUT2D eigenvalue weighted by atomic mass is 9.74. The highest BCUT2D eigenvalue weighted by Crippen LogP contribution is 2.39. The van der Waals surface area contributed by atoms with Crippen LogP contribution < -0.4 is 10.6 Å². The molecule has 0 heterocycles. The van der Waals surface area contributed by atoms with Crippen molar-refractivity contribution in [1.29, 1.82) is 0 Å². The zero-order valence-electron chi connectivity index (χ0n) is 24.0. The van der Waals surface area contributed by atoms with Gasteiger partial charge in [-0.2, -0.15) is 0 Å². The largest absolute Gasteiger partial charge is 0.444 e. The fourth-order valence-electron chi connectivity index (χ4n) is 5.19. The summed E-state index contributed by atoms with van der Waals surface area (Å²) in [6, 6.07) is 9.12. The molecule has 8 heteroatoms. The van der Waals surface area contributed by atoms with E-state index in [1.807, 2.05) is 0 Å². The lowest BCUT2D eigenvalue weighted by Crippen LogP contribution is -2.54. The highest BCUT2D eigenvalue weighted by molar-refractivity contribution is 14.1. The maximum atomic E-state index is 13.9. The van der Waals surface area contributed by atoms with Crippen LogP contribution in [-0.4, -0.2) is 35.5 Å². The van der Waals surface area contributed by atoms with Crippen molar-refractivity contribution in [2.24, 2.45) is 0 Å². The number of halogens is 3. The number of hydrogen-bond donors (Lipinski definition) is 3. The van der Waals surface area contributed by atoms with Crippen molar-refractivity contribution in [3.05, 3.63) is 68.3 Å². The van der Waals surface area contributed by atoms with Gasteiger partial charge in [-0.1, -0.05) is 46.1 Å². The molecule has 3 N–H and O–H groups in total. The van der Waals surface area contributed by atoms with Gasteiger partial charge in [0.2, 0.25) is 0 Å². The van der Waals surface area contributed by atoms with Crippen molar-refractivity contribution in [2.75, 3.05) is 6.54 Å². The molecule has 5 nitrogen and oxygen atoms in total. The quantitative estimate of drug-likeness (QED) is 0.265. The minimum atomic E-state index is -1.03. The molecule has 1 aliphatic rings. The summed E-state index contributed by atoms with van der Waals surface area (Å²) in [5.41, 5.74) is 1.75. The summed E-state index contributed by atoms with van der Waals surface area (Å²) in [5.74, 6) is -1.41. The van der Waals surface area contributed by atoms with Crippen molar-refractivity contribution in [1.82, 2.24) is 10.6 Å². The molecule has 1 amide bonds. The zero-order valence-corrected chi connectivity index (χ0v) is 26.1. The van der Waals surface area contributed by atoms with Gasteiger partial charge in [-0.15, -0.1) is 0 Å². The molecule has 216 valence electrons. The van der Waals surface area contributed by atoms with Gasteiger partial charge in [0.15, 0.2) is 0 Å². The van der Waals surface area contributed by atoms with E-state index in [0.29, 0.717) is 5.56 Å². The van der Waals surface area contributed by atoms with Crippen LogP contribution in [0.4, 0.5) is 13.6 Å². The monoisotopic (exact) mass is 656 g/mol. The molecule has 2 atom stereocenters. The SMILES string of the molecule is CC(C)(C)OC(=O)NC(Cc1cc(F)cc(F)c1)C(O)CNC1(c2cc(I)cc(C(C)(C)C)c2)CCCCC1. The third-order valence-corrected chi connectivity index (χ3v) is 7.84. The third-order valence-electron chi connectivity index (χ3n) is 7.22. The molecule has 3 rings (SSSR count). The van der Waals surface area contributed by atoms with E-state index in [1.165, 1.54) is 26.8 Å². The Bertz CT molecular complexity index is 1120. The summed E-state index contributed by atoms with van der Waals surface area (Å²) < 4.78 is 34.4. The molecule has 0 saturated heterocycles. The van der Waals surface area contributed by atoms with E-state index in [9.17, 15) is 18.7 Å². The molecule has 0 aliphatic heterocycles. The summed E-state index contributed by atoms with van der Waals surface area (Å²) in [5, 5.41) is 17.8. The van der Waals surface area contributed by atoms with Crippen molar-refractivity contribution in [3.63, 3.8) is 0 Å². The van der Waals surface area contributed by atoms with E-state index in [0.717, 1.165) is 38.2 Å². The molecule has 2 unspecified atom stereocenters. The molecule has 1 aliphatic carbocycles. The predicted molar refractivity (Wildman–Crippen MR) is 160 cm³/mol. The Morgan fingerprint density at radius 3 is 2.18 bits per heavy atom. The maximum Gasteiger partial charge on any atom is 0.407 e. The molecule has 0 bridgehead atoms. The summed E-state index contributed by atoms with van der Waals surface area (Å²) in [6.45, 7) is 12.1. The minimum Gasteiger partial charge on any atom is -0.444 e. The number of aliphatic hydroxyl groups is 1. The zero-order chi connectivity index (χ0) is 29.0. The normalized spacial score (nSPS) is 17.4. The molecule has 39 heavy (non-hydrogen) atoms. The van der Waals surface area contributed by atoms with Gasteiger partial charge >= 0.3 is 6.09 Å². The van der Waals surface area contributed by atoms with E-state index >= 15 is 0 Å². The van der Waals surface area contributed by atoms with Gasteiger partial charge in [0.05, 0.1) is 12.1 Å². The van der Waals surface area contributed by atoms with Crippen LogP contribution in [-0.2, 0) is 22.1 Å². The second kappa shape index (κ2) is 12.8. The number of aliphatic hydroxyl groups excluding tert-OH is 1. The maximum absolute atomic E-state index is 13.9. The highest BCUT2D eigenvalue weighted by atomic mass is 127. The number of rotatable bonds is 8. The summed E-state index contributed by atoms with van der Waals surface area (Å²) in [7, 11) is 0. The lowest BCUT2D eigenvalue weighted by molar-refractivity contribution is 0.0408. The Labute approximate surface area is 245 Å². The van der Waals surface area contributed by atoms with Gasteiger partial charge in [-0.25, -0.2) is 13.6 Å². The number of ether oxygens (including phenoxy) is 1. The first-order chi connectivity index (χ1) is 18.1. The fourth-order valence-corrected chi connectivity index (χ4v) is 5.86. The highest BCUT2D eigenvalue weighted by Gasteiger charge is 2.36. The molecule has 1 saturated carbocycles. The lowest BCUT2D eigenvalue weighted by Gasteiger charge is -2.41. The Morgan fingerprint density at radius 2 is 1.62 bits per heavy atom. The van der Waals surface area contributed by atoms with Crippen LogP contribution in [0.2, 0.25) is 0 Å². The first-order valence-electron chi connectivity index (χ1n) is 13.8. The first kappa shape index (κ1) is 31.7. The molecule has 2 aromatic carbocycles. The van der Waals surface area contributed by atoms with Crippen molar-refractivity contribution < 1.29 is 23.4 Å². The number of hydrogen-bond acceptors (Lipinski definition) is 4. The summed E-state index contributed by atoms with van der Waals surface area (Å²) in [6.07, 6.45) is 3.49. The van der Waals surface area contributed by atoms with Crippen LogP contribution in [0.1, 0.15) is 90.3 Å². The van der Waals surface area contributed by atoms with Crippen LogP contribution in [0.25, 0.3) is 0 Å². The Morgan fingerprint density at radius 1 is 1.00 bits per heavy atom. The third kappa shape index (κ3) is 9.39. The molecule has 0 aromatic heterocycles. The molecule has 0 radical (unpaired) electrons. The number of amides is 1. The predicted octanol–water partition coefficient (Wildman–Crippen LogP) is 7.11.